The van der Waals surface area contributed by atoms with Crippen LogP contribution in [0.2, 0.25) is 0 Å². The van der Waals surface area contributed by atoms with Crippen molar-refractivity contribution in [2.24, 2.45) is 23.4 Å². The van der Waals surface area contributed by atoms with Gasteiger partial charge in [-0.15, -0.1) is 0 Å². The summed E-state index contributed by atoms with van der Waals surface area (Å²) in [4.78, 5) is 13.2. The van der Waals surface area contributed by atoms with Crippen molar-refractivity contribution in [3.8, 4) is 11.5 Å². The van der Waals surface area contributed by atoms with Crippen molar-refractivity contribution in [2.45, 2.75) is 64.7 Å². The van der Waals surface area contributed by atoms with Crippen molar-refractivity contribution in [2.75, 3.05) is 27.2 Å². The Balaban J connectivity index is 2.83. The molecule has 3 rings (SSSR count). The van der Waals surface area contributed by atoms with Crippen LogP contribution < -0.4 is 15.2 Å². The van der Waals surface area contributed by atoms with Crippen LogP contribution in [0, 0.1) is 17.7 Å². The first kappa shape index (κ1) is 6.38. The minimum Gasteiger partial charge on any atom is -0.493 e. The highest BCUT2D eigenvalue weighted by atomic mass is 16.5. The second kappa shape index (κ2) is 9.56. The van der Waals surface area contributed by atoms with Gasteiger partial charge in [0, 0.05) is 61.4 Å². The summed E-state index contributed by atoms with van der Waals surface area (Å²) in [5.41, 5.74) is 2.51. The van der Waals surface area contributed by atoms with E-state index in [1.54, 1.807) is 0 Å². The van der Waals surface area contributed by atoms with Crippen LogP contribution in [-0.2, 0) is 15.9 Å². The van der Waals surface area contributed by atoms with E-state index < -0.39 is 134 Å². The highest BCUT2D eigenvalue weighted by Crippen LogP contribution is 2.44. The number of rotatable bonds is 7. The molecule has 1 fully saturated rings. The summed E-state index contributed by atoms with van der Waals surface area (Å²) in [7, 11) is 1.69. The third kappa shape index (κ3) is 4.75. The van der Waals surface area contributed by atoms with E-state index in [0.717, 1.165) is 14.2 Å². The van der Waals surface area contributed by atoms with E-state index in [9.17, 15) is 14.4 Å². The summed E-state index contributed by atoms with van der Waals surface area (Å²) < 4.78 is 247. The van der Waals surface area contributed by atoms with Crippen LogP contribution in [0.25, 0.3) is 0 Å². The topological polar surface area (TPSA) is 74.0 Å². The van der Waals surface area contributed by atoms with Gasteiger partial charge < -0.3 is 19.9 Å². The Bertz CT molecular complexity index is 1810. The maximum atomic E-state index is 14.0. The molecule has 0 aromatic heterocycles. The smallest absolute Gasteiger partial charge is 0.323 e. The molecule has 4 unspecified atom stereocenters. The molecule has 0 radical (unpaired) electrons. The van der Waals surface area contributed by atoms with E-state index in [0.29, 0.717) is 0 Å². The molecule has 0 saturated carbocycles. The molecular formula is C24H38N2O4. The molecule has 0 aliphatic carbocycles. The molecule has 0 spiro atoms. The number of piperidine rings is 1. The van der Waals surface area contributed by atoms with Gasteiger partial charge in [-0.2, -0.15) is 0 Å². The molecule has 2 heterocycles. The number of benzene rings is 1. The van der Waals surface area contributed by atoms with Gasteiger partial charge in [-0.3, -0.25) is 9.69 Å². The lowest BCUT2D eigenvalue weighted by atomic mass is 9.79. The van der Waals surface area contributed by atoms with Crippen molar-refractivity contribution >= 4 is 5.97 Å². The fraction of sp³-hybridized carbons (Fsp3) is 0.708. The first-order valence-electron chi connectivity index (χ1n) is 21.8. The van der Waals surface area contributed by atoms with Crippen LogP contribution in [0.3, 0.4) is 0 Å². The van der Waals surface area contributed by atoms with Gasteiger partial charge in [0.15, 0.2) is 11.5 Å². The number of carbonyl (C=O) groups is 1. The third-order valence-electron chi connectivity index (χ3n) is 3.77. The zero-order valence-corrected chi connectivity index (χ0v) is 16.2. The van der Waals surface area contributed by atoms with E-state index >= 15 is 0 Å². The van der Waals surface area contributed by atoms with Gasteiger partial charge in [-0.1, -0.05) is 27.5 Å². The lowest BCUT2D eigenvalue weighted by Crippen LogP contribution is -2.51. The number of hydrogen-bond donors (Lipinski definition) is 1. The SMILES string of the molecule is [2H]c1c(OC)c(OC)c([2H])c2c1C([2H])([2H])C([2H])([2H])N1C([2H])([2H])C([2H])(C([2H])([2H])C([2H])(C)C([2H])([2H])[2H])C([2H])(OC(=O)[C@@]([2H])(N)C([2H])(C([2H])([2H])[2H])C([2H])([2H])[2H])C([2H])([2H])C21[2H]. The normalized spacial score (nSPS) is 57.3. The predicted octanol–water partition coefficient (Wildman–Crippen LogP) is 3.56. The Hall–Kier alpha value is -1.79. The molecule has 168 valence electrons. The lowest BCUT2D eigenvalue weighted by Gasteiger charge is -2.47. The summed E-state index contributed by atoms with van der Waals surface area (Å²) in [6.07, 6.45) is -18.8. The van der Waals surface area contributed by atoms with Crippen molar-refractivity contribution in [1.82, 2.24) is 4.90 Å². The monoisotopic (exact) mass is 445 g/mol. The molecule has 6 heteroatoms. The summed E-state index contributed by atoms with van der Waals surface area (Å²) in [5, 5.41) is 0. The van der Waals surface area contributed by atoms with E-state index in [1.807, 2.05) is 0 Å². The second-order valence-electron chi connectivity index (χ2n) is 5.86. The number of fused-ring (bicyclic) bond motifs is 3. The molecule has 0 bridgehead atoms. The Morgan fingerprint density at radius 3 is 2.83 bits per heavy atom. The fourth-order valence-corrected chi connectivity index (χ4v) is 2.44. The summed E-state index contributed by atoms with van der Waals surface area (Å²) >= 11 is 0. The summed E-state index contributed by atoms with van der Waals surface area (Å²) in [6.45, 7) is -21.7. The highest BCUT2D eigenvalue weighted by molar-refractivity contribution is 5.76. The van der Waals surface area contributed by atoms with E-state index in [4.69, 9.17) is 47.4 Å². The summed E-state index contributed by atoms with van der Waals surface area (Å²) in [5.74, 6) is -18.4. The fourth-order valence-electron chi connectivity index (χ4n) is 2.44. The predicted molar refractivity (Wildman–Crippen MR) is 118 cm³/mol. The van der Waals surface area contributed by atoms with Gasteiger partial charge in [0.2, 0.25) is 0 Å². The second-order valence-corrected chi connectivity index (χ2v) is 5.86. The van der Waals surface area contributed by atoms with Gasteiger partial charge in [0.05, 0.1) is 21.1 Å². The van der Waals surface area contributed by atoms with Gasteiger partial charge >= 0.3 is 5.97 Å². The maximum absolute atomic E-state index is 14.0. The van der Waals surface area contributed by atoms with E-state index in [-0.39, 0.29) is 6.92 Å². The molecule has 2 N–H and O–H groups in total. The average Bonchev–Trinajstić information content (AvgIpc) is 3.00. The Morgan fingerprint density at radius 1 is 1.43 bits per heavy atom. The van der Waals surface area contributed by atoms with Crippen molar-refractivity contribution in [3.05, 3.63) is 23.2 Å². The Kier molecular flexibility index (Phi) is 2.03. The molecule has 1 aromatic rings. The minimum atomic E-state index is -5.18. The van der Waals surface area contributed by atoms with Crippen LogP contribution in [0.15, 0.2) is 12.1 Å². The van der Waals surface area contributed by atoms with Crippen LogP contribution in [0.1, 0.15) is 94.4 Å². The van der Waals surface area contributed by atoms with Crippen LogP contribution >= 0.6 is 0 Å². The zero-order valence-electron chi connectivity index (χ0n) is 43.2. The minimum absolute atomic E-state index is 0.174. The standard InChI is InChI=1S/C24H38N2O4/c1-14(2)9-17-13-26-8-7-16-10-21(28-5)22(29-6)11-18(16)19(26)12-20(17)30-24(27)23(25)15(3)4/h10-11,14-15,17,19-20,23H,7-9,12-13,25H2,1-6H3/t17?,19?,20?,23-/m0/s1/i1D3,3D3,4D3,7D2,8D2,9D2,10D,11D,12D2,13D2,14D,15D,17D,19D,20D,23D/t14?,17?,19?,20?,23-. The number of carbonyl (C=O) groups excluding carboxylic acids is 1. The molecule has 1 saturated heterocycles. The number of hydrogen-bond acceptors (Lipinski definition) is 6. The molecule has 30 heavy (non-hydrogen) atoms. The van der Waals surface area contributed by atoms with Crippen molar-refractivity contribution in [1.29, 1.82) is 0 Å². The molecule has 2 aliphatic heterocycles. The van der Waals surface area contributed by atoms with Gasteiger partial charge in [-0.05, 0) is 47.7 Å². The number of methoxy groups -OCH3 is 2. The average molecular weight is 446 g/mol. The molecule has 5 atom stereocenters. The zero-order chi connectivity index (χ0) is 45.7. The first-order chi connectivity index (χ1) is 24.7. The van der Waals surface area contributed by atoms with Gasteiger partial charge in [0.25, 0.3) is 0 Å². The number of nitrogens with two attached hydrogens (primary N) is 1. The van der Waals surface area contributed by atoms with E-state index in [2.05, 4.69) is 0 Å². The van der Waals surface area contributed by atoms with Gasteiger partial charge in [0.1, 0.15) is 12.1 Å². The molecule has 2 aliphatic rings. The molecule has 6 nitrogen and oxygen atoms in total. The molecule has 0 amide bonds. The number of esters is 1. The molecular weight excluding hydrogens is 380 g/mol. The first-order valence-corrected chi connectivity index (χ1v) is 8.30. The maximum Gasteiger partial charge on any atom is 0.323 e. The summed E-state index contributed by atoms with van der Waals surface area (Å²) in [6, 6.07) is -11.7. The van der Waals surface area contributed by atoms with Crippen molar-refractivity contribution in [3.63, 3.8) is 0 Å². The van der Waals surface area contributed by atoms with Crippen LogP contribution in [0.5, 0.6) is 11.5 Å². The van der Waals surface area contributed by atoms with Gasteiger partial charge in [-0.25, -0.2) is 0 Å². The van der Waals surface area contributed by atoms with Crippen LogP contribution in [0.4, 0.5) is 0 Å². The molecule has 1 aromatic carbocycles. The van der Waals surface area contributed by atoms with Crippen LogP contribution in [-0.4, -0.2) is 50.2 Å². The largest absolute Gasteiger partial charge is 0.493 e. The quantitative estimate of drug-likeness (QED) is 0.647. The van der Waals surface area contributed by atoms with Crippen molar-refractivity contribution < 1.29 is 56.0 Å². The Morgan fingerprint density at radius 2 is 2.17 bits per heavy atom. The number of nitrogens with zero attached hydrogens (tertiary/aromatic N) is 1. The lowest BCUT2D eigenvalue weighted by molar-refractivity contribution is -0.160. The third-order valence-corrected chi connectivity index (χ3v) is 3.77. The highest BCUT2D eigenvalue weighted by Gasteiger charge is 2.41. The van der Waals surface area contributed by atoms with E-state index in [1.165, 1.54) is 0 Å². The Labute approximate surface area is 219 Å². The number of ether oxygens (including phenoxy) is 3.